The van der Waals surface area contributed by atoms with E-state index in [9.17, 15) is 0 Å². The van der Waals surface area contributed by atoms with Crippen molar-refractivity contribution in [3.63, 3.8) is 0 Å². The van der Waals surface area contributed by atoms with Crippen LogP contribution in [0.3, 0.4) is 0 Å². The first-order valence-corrected chi connectivity index (χ1v) is 31.0. The minimum atomic E-state index is -2.04. The van der Waals surface area contributed by atoms with Gasteiger partial charge in [-0.1, -0.05) is 283 Å². The molecule has 2 atom stereocenters. The zero-order chi connectivity index (χ0) is 39.0. The molecule has 0 aliphatic rings. The highest BCUT2D eigenvalue weighted by molar-refractivity contribution is 7.24. The van der Waals surface area contributed by atoms with Crippen LogP contribution in [0.4, 0.5) is 0 Å². The fourth-order valence-electron chi connectivity index (χ4n) is 8.70. The minimum Gasteiger partial charge on any atom is -0.165 e. The molecule has 0 aromatic carbocycles. The van der Waals surface area contributed by atoms with E-state index in [1.54, 1.807) is 18.1 Å². The van der Waals surface area contributed by atoms with Crippen LogP contribution in [-0.4, -0.2) is 20.7 Å². The molecule has 319 valence electrons. The summed E-state index contributed by atoms with van der Waals surface area (Å²) in [6.07, 6.45) is 53.7. The van der Waals surface area contributed by atoms with E-state index in [2.05, 4.69) is 34.6 Å². The molecule has 0 heterocycles. The van der Waals surface area contributed by atoms with Gasteiger partial charge >= 0.3 is 0 Å². The molecule has 0 aliphatic carbocycles. The topological polar surface area (TPSA) is 0 Å². The van der Waals surface area contributed by atoms with E-state index in [0.29, 0.717) is 0 Å². The number of rotatable bonds is 45. The second-order valence-corrected chi connectivity index (χ2v) is 28.4. The zero-order valence-corrected chi connectivity index (χ0v) is 41.2. The van der Waals surface area contributed by atoms with Gasteiger partial charge in [0, 0.05) is 8.80 Å². The summed E-state index contributed by atoms with van der Waals surface area (Å²) >= 11 is 15.3. The molecule has 0 aromatic rings. The Hall–Kier alpha value is 1.01. The van der Waals surface area contributed by atoms with Gasteiger partial charge in [0.05, 0.1) is 4.50 Å². The molecule has 0 nitrogen and oxygen atoms in total. The smallest absolute Gasteiger partial charge is 0.165 e. The predicted octanol–water partition coefficient (Wildman–Crippen LogP) is 20.1. The molecule has 53 heavy (non-hydrogen) atoms. The fourth-order valence-corrected chi connectivity index (χ4v) is 17.0. The monoisotopic (exact) mass is 816 g/mol. The standard InChI is InChI=1S/C49H101Cl2Si2/c1-6-10-14-18-22-26-32-38-44-52(45-39-33-27-23-19-15-11-7-2)46-40-34-28-30-36-42-48-53(51,47-41-35-29-24-20-16-12-8-3)49(5,50)43-37-31-25-21-17-13-9-4/h6-48H2,1-5H3. The van der Waals surface area contributed by atoms with E-state index in [0.717, 1.165) is 6.42 Å². The second-order valence-electron chi connectivity index (χ2n) is 18.1. The van der Waals surface area contributed by atoms with Crippen molar-refractivity contribution >= 4 is 38.9 Å². The maximum atomic E-state index is 7.78. The molecule has 0 N–H and O–H groups in total. The second kappa shape index (κ2) is 41.2. The van der Waals surface area contributed by atoms with Gasteiger partial charge < -0.3 is 0 Å². The Bertz CT molecular complexity index is 680. The molecule has 0 bridgehead atoms. The maximum Gasteiger partial charge on any atom is 0.176 e. The Morgan fingerprint density at radius 1 is 0.340 bits per heavy atom. The largest absolute Gasteiger partial charge is 0.176 e. The average Bonchev–Trinajstić information content (AvgIpc) is 3.15. The molecule has 0 saturated carbocycles. The lowest BCUT2D eigenvalue weighted by Gasteiger charge is -2.39. The quantitative estimate of drug-likeness (QED) is 0.0249. The molecule has 0 amide bonds. The fraction of sp³-hybridized carbons (Fsp3) is 1.00. The van der Waals surface area contributed by atoms with Crippen LogP contribution in [0, 0.1) is 0 Å². The third-order valence-corrected chi connectivity index (χ3v) is 24.3. The highest BCUT2D eigenvalue weighted by Gasteiger charge is 2.46. The third kappa shape index (κ3) is 34.7. The lowest BCUT2D eigenvalue weighted by Crippen LogP contribution is -2.48. The molecule has 4 heteroatoms. The van der Waals surface area contributed by atoms with Crippen LogP contribution >= 0.6 is 22.7 Å². The van der Waals surface area contributed by atoms with Gasteiger partial charge in [0.15, 0.2) is 7.38 Å². The molecular weight excluding hydrogens is 716 g/mol. The van der Waals surface area contributed by atoms with Gasteiger partial charge in [0.25, 0.3) is 0 Å². The summed E-state index contributed by atoms with van der Waals surface area (Å²) in [6, 6.07) is 7.28. The number of hydrogen-bond acceptors (Lipinski definition) is 0. The normalized spacial score (nSPS) is 14.3. The Kier molecular flexibility index (Phi) is 42.0. The molecular formula is C49H101Cl2Si2. The van der Waals surface area contributed by atoms with E-state index in [4.69, 9.17) is 22.7 Å². The van der Waals surface area contributed by atoms with E-state index in [1.807, 2.05) is 0 Å². The van der Waals surface area contributed by atoms with Crippen molar-refractivity contribution in [3.8, 4) is 0 Å². The van der Waals surface area contributed by atoms with Gasteiger partial charge in [-0.05, 0) is 25.4 Å². The Morgan fingerprint density at radius 3 is 0.849 bits per heavy atom. The summed E-state index contributed by atoms with van der Waals surface area (Å²) in [5.74, 6) is 0. The molecule has 0 aromatic heterocycles. The van der Waals surface area contributed by atoms with Crippen molar-refractivity contribution in [2.45, 2.75) is 313 Å². The summed E-state index contributed by atoms with van der Waals surface area (Å²) in [7, 11) is -2.18. The SMILES string of the molecule is CCCCCCCCCC[Si](CCCCCCCCCC)CCCCCCCC[Si](Cl)(CCCCCCCCCC)C(C)(Cl)CCCCCCCCC. The number of alkyl halides is 1. The first kappa shape index (κ1) is 54.0. The summed E-state index contributed by atoms with van der Waals surface area (Å²) < 4.78 is -0.151. The van der Waals surface area contributed by atoms with Gasteiger partial charge in [-0.15, -0.1) is 11.6 Å². The summed E-state index contributed by atoms with van der Waals surface area (Å²) in [5.41, 5.74) is 0. The van der Waals surface area contributed by atoms with Crippen LogP contribution in [0.1, 0.15) is 279 Å². The van der Waals surface area contributed by atoms with Crippen LogP contribution in [0.15, 0.2) is 0 Å². The molecule has 0 rings (SSSR count). The van der Waals surface area contributed by atoms with Gasteiger partial charge in [0.1, 0.15) is 0 Å². The highest BCUT2D eigenvalue weighted by Crippen LogP contribution is 2.43. The summed E-state index contributed by atoms with van der Waals surface area (Å²) in [6.45, 7) is 11.6. The Labute approximate surface area is 350 Å². The first-order valence-electron chi connectivity index (χ1n) is 25.1. The van der Waals surface area contributed by atoms with E-state index in [1.165, 1.54) is 250 Å². The van der Waals surface area contributed by atoms with E-state index >= 15 is 0 Å². The summed E-state index contributed by atoms with van der Waals surface area (Å²) in [5, 5.41) is 0. The Morgan fingerprint density at radius 2 is 0.566 bits per heavy atom. The van der Waals surface area contributed by atoms with Crippen molar-refractivity contribution in [3.05, 3.63) is 0 Å². The predicted molar refractivity (Wildman–Crippen MR) is 254 cm³/mol. The number of halogens is 2. The lowest BCUT2D eigenvalue weighted by molar-refractivity contribution is 0.554. The van der Waals surface area contributed by atoms with Crippen molar-refractivity contribution < 1.29 is 0 Å². The molecule has 0 spiro atoms. The van der Waals surface area contributed by atoms with Gasteiger partial charge in [-0.3, -0.25) is 0 Å². The summed E-state index contributed by atoms with van der Waals surface area (Å²) in [4.78, 5) is 0. The molecule has 0 fully saturated rings. The van der Waals surface area contributed by atoms with Crippen LogP contribution in [0.25, 0.3) is 0 Å². The molecule has 2 unspecified atom stereocenters. The third-order valence-electron chi connectivity index (χ3n) is 12.7. The van der Waals surface area contributed by atoms with Crippen LogP contribution in [0.5, 0.6) is 0 Å². The zero-order valence-electron chi connectivity index (χ0n) is 37.7. The lowest BCUT2D eigenvalue weighted by atomic mass is 10.1. The van der Waals surface area contributed by atoms with Gasteiger partial charge in [0.2, 0.25) is 0 Å². The van der Waals surface area contributed by atoms with Crippen molar-refractivity contribution in [2.24, 2.45) is 0 Å². The van der Waals surface area contributed by atoms with Crippen molar-refractivity contribution in [1.82, 2.24) is 0 Å². The van der Waals surface area contributed by atoms with E-state index in [-0.39, 0.29) is 13.3 Å². The van der Waals surface area contributed by atoms with Gasteiger partial charge in [-0.25, -0.2) is 0 Å². The van der Waals surface area contributed by atoms with Gasteiger partial charge in [-0.2, -0.15) is 11.1 Å². The number of hydrogen-bond donors (Lipinski definition) is 0. The molecule has 1 radical (unpaired) electrons. The van der Waals surface area contributed by atoms with Crippen LogP contribution < -0.4 is 0 Å². The highest BCUT2D eigenvalue weighted by atomic mass is 35.6. The van der Waals surface area contributed by atoms with E-state index < -0.39 is 7.38 Å². The van der Waals surface area contributed by atoms with Crippen molar-refractivity contribution in [1.29, 1.82) is 0 Å². The van der Waals surface area contributed by atoms with Crippen molar-refractivity contribution in [2.75, 3.05) is 0 Å². The molecule has 0 aliphatic heterocycles. The number of unbranched alkanes of at least 4 members (excludes halogenated alkanes) is 32. The van der Waals surface area contributed by atoms with Crippen LogP contribution in [0.2, 0.25) is 30.2 Å². The van der Waals surface area contributed by atoms with Crippen LogP contribution in [-0.2, 0) is 0 Å². The maximum absolute atomic E-state index is 7.78. The average molecular weight is 817 g/mol. The molecule has 0 saturated heterocycles. The Balaban J connectivity index is 4.64. The first-order chi connectivity index (χ1) is 25.9. The minimum absolute atomic E-state index is 0.140.